The summed E-state index contributed by atoms with van der Waals surface area (Å²) in [7, 11) is 0. The molecule has 0 spiro atoms. The first-order valence-electron chi connectivity index (χ1n) is 6.24. The molecule has 4 nitrogen and oxygen atoms in total. The minimum Gasteiger partial charge on any atom is -0.444 e. The first-order chi connectivity index (χ1) is 7.50. The second kappa shape index (κ2) is 4.48. The van der Waals surface area contributed by atoms with Gasteiger partial charge in [-0.25, -0.2) is 4.79 Å². The molecule has 2 N–H and O–H groups in total. The highest BCUT2D eigenvalue weighted by Crippen LogP contribution is 2.30. The van der Waals surface area contributed by atoms with E-state index < -0.39 is 5.60 Å². The molecule has 0 bridgehead atoms. The van der Waals surface area contributed by atoms with Crippen LogP contribution >= 0.6 is 0 Å². The molecule has 0 unspecified atom stereocenters. The van der Waals surface area contributed by atoms with Crippen molar-refractivity contribution in [3.05, 3.63) is 0 Å². The Bertz CT molecular complexity index is 283. The molecular formula is C13H26N2O2. The topological polar surface area (TPSA) is 55.6 Å². The Morgan fingerprint density at radius 2 is 1.71 bits per heavy atom. The number of carbonyl (C=O) groups is 1. The number of hydrogen-bond donors (Lipinski definition) is 1. The highest BCUT2D eigenvalue weighted by molar-refractivity contribution is 5.69. The lowest BCUT2D eigenvalue weighted by molar-refractivity contribution is -0.0116. The molecule has 1 aliphatic rings. The third kappa shape index (κ3) is 3.87. The van der Waals surface area contributed by atoms with Gasteiger partial charge in [0.05, 0.1) is 0 Å². The fourth-order valence-electron chi connectivity index (χ4n) is 1.92. The number of carbonyl (C=O) groups excluding carboxylic acids is 1. The van der Waals surface area contributed by atoms with Crippen molar-refractivity contribution < 1.29 is 9.53 Å². The Kier molecular flexibility index (Phi) is 3.77. The number of nitrogens with zero attached hydrogens (tertiary/aromatic N) is 1. The Hall–Kier alpha value is -0.770. The molecule has 0 aromatic rings. The van der Waals surface area contributed by atoms with Gasteiger partial charge in [-0.3, -0.25) is 0 Å². The van der Waals surface area contributed by atoms with Gasteiger partial charge in [0.2, 0.25) is 0 Å². The van der Waals surface area contributed by atoms with Gasteiger partial charge in [0.1, 0.15) is 5.60 Å². The van der Waals surface area contributed by atoms with Crippen molar-refractivity contribution >= 4 is 6.09 Å². The molecule has 1 aliphatic heterocycles. The molecule has 0 aromatic carbocycles. The zero-order valence-electron chi connectivity index (χ0n) is 11.9. The van der Waals surface area contributed by atoms with Crippen LogP contribution in [-0.2, 0) is 4.74 Å². The maximum absolute atomic E-state index is 11.7. The number of amides is 1. The van der Waals surface area contributed by atoms with Crippen LogP contribution in [0, 0.1) is 11.3 Å². The van der Waals surface area contributed by atoms with E-state index in [9.17, 15) is 4.79 Å². The third-order valence-corrected chi connectivity index (χ3v) is 3.07. The van der Waals surface area contributed by atoms with Gasteiger partial charge in [-0.1, -0.05) is 20.8 Å². The molecule has 4 heteroatoms. The Morgan fingerprint density at radius 3 is 2.06 bits per heavy atom. The van der Waals surface area contributed by atoms with Gasteiger partial charge in [-0.15, -0.1) is 0 Å². The van der Waals surface area contributed by atoms with Crippen LogP contribution in [0.1, 0.15) is 41.5 Å². The summed E-state index contributed by atoms with van der Waals surface area (Å²) in [5.41, 5.74) is 5.83. The number of hydrogen-bond acceptors (Lipinski definition) is 3. The minimum absolute atomic E-state index is 0.0880. The Labute approximate surface area is 104 Å². The monoisotopic (exact) mass is 242 g/mol. The molecule has 0 radical (unpaired) electrons. The Morgan fingerprint density at radius 1 is 1.24 bits per heavy atom. The van der Waals surface area contributed by atoms with Crippen LogP contribution in [0.4, 0.5) is 4.79 Å². The third-order valence-electron chi connectivity index (χ3n) is 3.07. The van der Waals surface area contributed by atoms with E-state index in [0.29, 0.717) is 19.0 Å². The highest BCUT2D eigenvalue weighted by Gasteiger charge is 2.40. The summed E-state index contributed by atoms with van der Waals surface area (Å²) in [6.07, 6.45) is -0.227. The highest BCUT2D eigenvalue weighted by atomic mass is 16.6. The van der Waals surface area contributed by atoms with E-state index in [4.69, 9.17) is 10.5 Å². The predicted molar refractivity (Wildman–Crippen MR) is 68.7 cm³/mol. The Balaban J connectivity index is 2.40. The number of rotatable bonds is 1. The smallest absolute Gasteiger partial charge is 0.410 e. The molecule has 1 atom stereocenters. The zero-order chi connectivity index (χ0) is 13.4. The van der Waals surface area contributed by atoms with Crippen LogP contribution in [0.2, 0.25) is 0 Å². The van der Waals surface area contributed by atoms with Crippen molar-refractivity contribution in [2.45, 2.75) is 53.2 Å². The second-order valence-corrected chi connectivity index (χ2v) is 7.04. The van der Waals surface area contributed by atoms with Crippen LogP contribution < -0.4 is 5.73 Å². The standard InChI is InChI=1S/C13H26N2O2/c1-12(2,3)10(14)9-7-15(8-9)11(16)17-13(4,5)6/h9-10H,7-8,14H2,1-6H3/t10-/m0/s1. The predicted octanol–water partition coefficient (Wildman–Crippen LogP) is 2.23. The maximum atomic E-state index is 11.7. The van der Waals surface area contributed by atoms with Gasteiger partial charge >= 0.3 is 6.09 Å². The van der Waals surface area contributed by atoms with E-state index in [1.54, 1.807) is 4.90 Å². The number of likely N-dealkylation sites (tertiary alicyclic amines) is 1. The summed E-state index contributed by atoms with van der Waals surface area (Å²) in [6, 6.07) is 0.126. The molecule has 1 fully saturated rings. The minimum atomic E-state index is -0.422. The van der Waals surface area contributed by atoms with E-state index in [-0.39, 0.29) is 17.6 Å². The van der Waals surface area contributed by atoms with Crippen LogP contribution in [0.5, 0.6) is 0 Å². The van der Waals surface area contributed by atoms with Crippen molar-refractivity contribution in [3.8, 4) is 0 Å². The summed E-state index contributed by atoms with van der Waals surface area (Å²) >= 11 is 0. The maximum Gasteiger partial charge on any atom is 0.410 e. The number of ether oxygens (including phenoxy) is 1. The van der Waals surface area contributed by atoms with Gasteiger partial charge in [-0.2, -0.15) is 0 Å². The van der Waals surface area contributed by atoms with Gasteiger partial charge in [0.15, 0.2) is 0 Å². The van der Waals surface area contributed by atoms with E-state index >= 15 is 0 Å². The molecule has 1 rings (SSSR count). The van der Waals surface area contributed by atoms with Gasteiger partial charge < -0.3 is 15.4 Å². The fraction of sp³-hybridized carbons (Fsp3) is 0.923. The summed E-state index contributed by atoms with van der Waals surface area (Å²) in [5.74, 6) is 0.391. The molecule has 0 aromatic heterocycles. The molecular weight excluding hydrogens is 216 g/mol. The van der Waals surface area contributed by atoms with E-state index in [1.807, 2.05) is 20.8 Å². The average molecular weight is 242 g/mol. The van der Waals surface area contributed by atoms with E-state index in [0.717, 1.165) is 0 Å². The van der Waals surface area contributed by atoms with Crippen molar-refractivity contribution in [1.82, 2.24) is 4.90 Å². The number of nitrogens with two attached hydrogens (primary N) is 1. The van der Waals surface area contributed by atoms with Crippen LogP contribution in [-0.4, -0.2) is 35.7 Å². The lowest BCUT2D eigenvalue weighted by Crippen LogP contribution is -2.60. The first kappa shape index (κ1) is 14.3. The zero-order valence-corrected chi connectivity index (χ0v) is 11.9. The summed E-state index contributed by atoms with van der Waals surface area (Å²) < 4.78 is 5.30. The van der Waals surface area contributed by atoms with Crippen LogP contribution in [0.25, 0.3) is 0 Å². The largest absolute Gasteiger partial charge is 0.444 e. The average Bonchev–Trinajstić information content (AvgIpc) is 1.94. The van der Waals surface area contributed by atoms with E-state index in [1.165, 1.54) is 0 Å². The van der Waals surface area contributed by atoms with Crippen molar-refractivity contribution in [1.29, 1.82) is 0 Å². The van der Waals surface area contributed by atoms with Crippen LogP contribution in [0.3, 0.4) is 0 Å². The lowest BCUT2D eigenvalue weighted by Gasteiger charge is -2.46. The summed E-state index contributed by atoms with van der Waals surface area (Å²) in [5, 5.41) is 0. The molecule has 0 saturated carbocycles. The lowest BCUT2D eigenvalue weighted by atomic mass is 9.76. The molecule has 0 aliphatic carbocycles. The van der Waals surface area contributed by atoms with E-state index in [2.05, 4.69) is 20.8 Å². The fourth-order valence-corrected chi connectivity index (χ4v) is 1.92. The molecule has 1 amide bonds. The molecule has 1 heterocycles. The van der Waals surface area contributed by atoms with Crippen molar-refractivity contribution in [3.63, 3.8) is 0 Å². The van der Waals surface area contributed by atoms with Gasteiger partial charge in [-0.05, 0) is 26.2 Å². The first-order valence-corrected chi connectivity index (χ1v) is 6.24. The quantitative estimate of drug-likeness (QED) is 0.767. The molecule has 17 heavy (non-hydrogen) atoms. The second-order valence-electron chi connectivity index (χ2n) is 7.04. The van der Waals surface area contributed by atoms with Crippen molar-refractivity contribution in [2.75, 3.05) is 13.1 Å². The normalized spacial score (nSPS) is 19.8. The van der Waals surface area contributed by atoms with Crippen molar-refractivity contribution in [2.24, 2.45) is 17.1 Å². The molecule has 1 saturated heterocycles. The van der Waals surface area contributed by atoms with Crippen LogP contribution in [0.15, 0.2) is 0 Å². The van der Waals surface area contributed by atoms with Gasteiger partial charge in [0.25, 0.3) is 0 Å². The summed E-state index contributed by atoms with van der Waals surface area (Å²) in [6.45, 7) is 13.5. The SMILES string of the molecule is CC(C)(C)OC(=O)N1CC([C@H](N)C(C)(C)C)C1. The summed E-state index contributed by atoms with van der Waals surface area (Å²) in [4.78, 5) is 13.4. The van der Waals surface area contributed by atoms with Gasteiger partial charge in [0, 0.05) is 25.0 Å². The molecule has 100 valence electrons.